The van der Waals surface area contributed by atoms with Crippen LogP contribution in [-0.4, -0.2) is 14.3 Å². The molecule has 0 bridgehead atoms. The molecule has 0 saturated heterocycles. The molecule has 59 heavy (non-hydrogen) atoms. The van der Waals surface area contributed by atoms with Gasteiger partial charge in [0.1, 0.15) is 0 Å². The van der Waals surface area contributed by atoms with Crippen molar-refractivity contribution in [2.45, 2.75) is 33.1 Å². The van der Waals surface area contributed by atoms with E-state index in [0.717, 1.165) is 41.5 Å². The topological polar surface area (TPSA) is 22.8 Å². The minimum absolute atomic E-state index is 0.836. The first-order valence-corrected chi connectivity index (χ1v) is 20.9. The summed E-state index contributed by atoms with van der Waals surface area (Å²) >= 11 is 0. The van der Waals surface area contributed by atoms with Crippen molar-refractivity contribution in [2.24, 2.45) is 0 Å². The lowest BCUT2D eigenvalue weighted by Gasteiger charge is -2.14. The fourth-order valence-electron chi connectivity index (χ4n) is 8.93. The molecule has 11 rings (SSSR count). The van der Waals surface area contributed by atoms with Gasteiger partial charge in [0.05, 0.1) is 28.3 Å². The fourth-order valence-corrected chi connectivity index (χ4v) is 8.93. The van der Waals surface area contributed by atoms with Crippen molar-refractivity contribution in [3.8, 4) is 33.6 Å². The molecule has 0 amide bonds. The molecule has 9 aromatic rings. The summed E-state index contributed by atoms with van der Waals surface area (Å²) in [6.45, 7) is 4.00. The van der Waals surface area contributed by atoms with Crippen LogP contribution < -0.4 is 10.6 Å². The lowest BCUT2D eigenvalue weighted by Crippen LogP contribution is -2.28. The lowest BCUT2D eigenvalue weighted by molar-refractivity contribution is 0.911. The second-order valence-corrected chi connectivity index (χ2v) is 15.0. The van der Waals surface area contributed by atoms with E-state index in [1.54, 1.807) is 0 Å². The number of aromatic nitrogens is 3. The van der Waals surface area contributed by atoms with Crippen LogP contribution in [0.4, 0.5) is 0 Å². The van der Waals surface area contributed by atoms with Gasteiger partial charge in [-0.05, 0) is 135 Å². The van der Waals surface area contributed by atoms with Gasteiger partial charge in [-0.3, -0.25) is 0 Å². The van der Waals surface area contributed by atoms with Crippen LogP contribution in [0, 0.1) is 0 Å². The van der Waals surface area contributed by atoms with Crippen LogP contribution >= 0.6 is 0 Å². The van der Waals surface area contributed by atoms with Crippen LogP contribution in [0.3, 0.4) is 0 Å². The zero-order valence-corrected chi connectivity index (χ0v) is 33.5. The van der Waals surface area contributed by atoms with Crippen LogP contribution in [0.5, 0.6) is 0 Å². The molecular weight excluding hydrogens is 715 g/mol. The van der Waals surface area contributed by atoms with E-state index in [9.17, 15) is 0 Å². The summed E-state index contributed by atoms with van der Waals surface area (Å²) in [4.78, 5) is 0. The summed E-state index contributed by atoms with van der Waals surface area (Å²) in [7, 11) is 0. The van der Waals surface area contributed by atoms with Crippen molar-refractivity contribution in [3.05, 3.63) is 215 Å². The first-order chi connectivity index (χ1) is 29.3. The zero-order chi connectivity index (χ0) is 39.7. The second kappa shape index (κ2) is 15.6. The Morgan fingerprint density at radius 1 is 0.525 bits per heavy atom. The third-order valence-corrected chi connectivity index (χ3v) is 11.7. The highest BCUT2D eigenvalue weighted by Gasteiger charge is 2.19. The number of allylic oxidation sites excluding steroid dienone is 6. The summed E-state index contributed by atoms with van der Waals surface area (Å²) in [5, 5.41) is 12.4. The van der Waals surface area contributed by atoms with Crippen LogP contribution in [0.25, 0.3) is 83.9 Å². The Morgan fingerprint density at radius 2 is 1.24 bits per heavy atom. The molecule has 0 fully saturated rings. The van der Waals surface area contributed by atoms with Crippen molar-refractivity contribution < 1.29 is 0 Å². The molecule has 0 saturated carbocycles. The van der Waals surface area contributed by atoms with Crippen LogP contribution in [0.2, 0.25) is 0 Å². The van der Waals surface area contributed by atoms with Gasteiger partial charge >= 0.3 is 0 Å². The van der Waals surface area contributed by atoms with Gasteiger partial charge in [-0.25, -0.2) is 4.68 Å². The maximum absolute atomic E-state index is 4.97. The maximum Gasteiger partial charge on any atom is 0.0748 e. The predicted molar refractivity (Wildman–Crippen MR) is 251 cm³/mol. The highest BCUT2D eigenvalue weighted by molar-refractivity contribution is 6.07. The highest BCUT2D eigenvalue weighted by atomic mass is 15.3. The van der Waals surface area contributed by atoms with E-state index in [0.29, 0.717) is 0 Å². The zero-order valence-electron chi connectivity index (χ0n) is 33.5. The standard InChI is InChI=1S/C54H39N3.C2H6/c1-2-6-15-37(16-7-3-1)42-31-43(38-17-8-4-9-18-38)33-44(32-42)40-20-14-23-46(34-40)56-51-28-27-48-41(26-25-39-19-12-13-24-47(39)48)35-49(51)54-50-36-55-57(45-21-10-5-11-22-45)52(50)29-30-53(54)56;1-2/h1-2,4-5,7-26,28-36H,3,6,27H2;1-2H3/b2-1-,16-7?,37-15+;. The van der Waals surface area contributed by atoms with Gasteiger partial charge in [0.2, 0.25) is 0 Å². The van der Waals surface area contributed by atoms with E-state index in [2.05, 4.69) is 210 Å². The SMILES string of the molecule is C1=C/C(c2cc(-c3ccccc3)cc(-c3cccc(-n4c5c(c6c7cnn(-c8ccccc8)c7ccc64)=Cc4ccc6ccccc6c4CC=5)c3)c2)=C\C/C=C\C1.CC. The van der Waals surface area contributed by atoms with Crippen LogP contribution in [0.1, 0.15) is 43.4 Å². The Labute approximate surface area is 345 Å². The molecule has 7 aromatic carbocycles. The number of fused-ring (bicyclic) bond motifs is 8. The average molecular weight is 760 g/mol. The Balaban J connectivity index is 0.00000207. The van der Waals surface area contributed by atoms with Gasteiger partial charge < -0.3 is 4.57 Å². The molecule has 3 nitrogen and oxygen atoms in total. The Hall–Kier alpha value is -7.23. The van der Waals surface area contributed by atoms with Crippen molar-refractivity contribution in [2.75, 3.05) is 0 Å². The van der Waals surface area contributed by atoms with E-state index in [-0.39, 0.29) is 0 Å². The van der Waals surface area contributed by atoms with Crippen LogP contribution in [-0.2, 0) is 6.42 Å². The first-order valence-electron chi connectivity index (χ1n) is 20.9. The van der Waals surface area contributed by atoms with Crippen molar-refractivity contribution in [1.29, 1.82) is 0 Å². The Kier molecular flexibility index (Phi) is 9.56. The van der Waals surface area contributed by atoms with Gasteiger partial charge in [0.15, 0.2) is 0 Å². The molecule has 0 radical (unpaired) electrons. The van der Waals surface area contributed by atoms with Crippen molar-refractivity contribution in [1.82, 2.24) is 14.3 Å². The molecule has 2 aliphatic rings. The van der Waals surface area contributed by atoms with Gasteiger partial charge in [-0.1, -0.05) is 147 Å². The second-order valence-electron chi connectivity index (χ2n) is 15.0. The van der Waals surface area contributed by atoms with Crippen molar-refractivity contribution in [3.63, 3.8) is 0 Å². The molecule has 0 N–H and O–H groups in total. The number of nitrogens with zero attached hydrogens (tertiary/aromatic N) is 3. The van der Waals surface area contributed by atoms with Gasteiger partial charge in [-0.15, -0.1) is 0 Å². The number of hydrogen-bond acceptors (Lipinski definition) is 1. The Morgan fingerprint density at radius 3 is 2.10 bits per heavy atom. The third-order valence-electron chi connectivity index (χ3n) is 11.7. The maximum atomic E-state index is 4.97. The summed E-state index contributed by atoms with van der Waals surface area (Å²) in [6, 6.07) is 55.2. The van der Waals surface area contributed by atoms with E-state index in [4.69, 9.17) is 5.10 Å². The van der Waals surface area contributed by atoms with E-state index < -0.39 is 0 Å². The van der Waals surface area contributed by atoms with Crippen molar-refractivity contribution >= 4 is 50.3 Å². The minimum Gasteiger partial charge on any atom is -0.310 e. The molecule has 2 aliphatic carbocycles. The normalized spacial score (nSPS) is 14.7. The number of para-hydroxylation sites is 1. The van der Waals surface area contributed by atoms with Gasteiger partial charge in [0, 0.05) is 21.7 Å². The molecule has 284 valence electrons. The average Bonchev–Trinajstić information content (AvgIpc) is 3.79. The molecule has 2 aromatic heterocycles. The molecule has 3 heteroatoms. The molecular formula is C56H45N3. The summed E-state index contributed by atoms with van der Waals surface area (Å²) < 4.78 is 4.54. The molecule has 2 heterocycles. The monoisotopic (exact) mass is 759 g/mol. The van der Waals surface area contributed by atoms with E-state index in [1.807, 2.05) is 13.8 Å². The number of hydrogen-bond donors (Lipinski definition) is 0. The third kappa shape index (κ3) is 6.55. The predicted octanol–water partition coefficient (Wildman–Crippen LogP) is 12.9. The molecule has 0 aliphatic heterocycles. The fraction of sp³-hybridized carbons (Fsp3) is 0.0893. The Bertz CT molecular complexity index is 3250. The lowest BCUT2D eigenvalue weighted by atomic mass is 9.92. The van der Waals surface area contributed by atoms with Crippen LogP contribution in [0.15, 0.2) is 188 Å². The van der Waals surface area contributed by atoms with E-state index in [1.165, 1.54) is 76.8 Å². The summed E-state index contributed by atoms with van der Waals surface area (Å²) in [5.74, 6) is 0. The first kappa shape index (κ1) is 36.1. The summed E-state index contributed by atoms with van der Waals surface area (Å²) in [6.07, 6.45) is 21.0. The summed E-state index contributed by atoms with van der Waals surface area (Å²) in [5.41, 5.74) is 14.4. The molecule has 0 spiro atoms. The largest absolute Gasteiger partial charge is 0.310 e. The number of benzene rings is 7. The minimum atomic E-state index is 0.836. The van der Waals surface area contributed by atoms with Gasteiger partial charge in [0.25, 0.3) is 0 Å². The van der Waals surface area contributed by atoms with Gasteiger partial charge in [-0.2, -0.15) is 5.10 Å². The number of rotatable bonds is 5. The van der Waals surface area contributed by atoms with E-state index >= 15 is 0 Å². The molecule has 0 atom stereocenters. The quantitative estimate of drug-likeness (QED) is 0.160. The molecule has 0 unspecified atom stereocenters. The smallest absolute Gasteiger partial charge is 0.0748 e. The highest BCUT2D eigenvalue weighted by Crippen LogP contribution is 2.34.